The van der Waals surface area contributed by atoms with Crippen molar-refractivity contribution in [3.05, 3.63) is 35.1 Å². The predicted octanol–water partition coefficient (Wildman–Crippen LogP) is 1.99. The van der Waals surface area contributed by atoms with E-state index in [2.05, 4.69) is 0 Å². The van der Waals surface area contributed by atoms with E-state index in [1.165, 1.54) is 12.1 Å². The Labute approximate surface area is 105 Å². The number of benzene rings is 1. The van der Waals surface area contributed by atoms with Gasteiger partial charge in [0.05, 0.1) is 11.6 Å². The van der Waals surface area contributed by atoms with Crippen LogP contribution in [0.25, 0.3) is 0 Å². The first-order valence-corrected chi connectivity index (χ1v) is 5.61. The number of hydrogen-bond acceptors (Lipinski definition) is 3. The Morgan fingerprint density at radius 2 is 2.22 bits per heavy atom. The van der Waals surface area contributed by atoms with E-state index in [0.717, 1.165) is 0 Å². The summed E-state index contributed by atoms with van der Waals surface area (Å²) in [5, 5.41) is 17.2. The van der Waals surface area contributed by atoms with Crippen LogP contribution >= 0.6 is 0 Å². The molecule has 0 aromatic heterocycles. The highest BCUT2D eigenvalue weighted by atomic mass is 19.1. The van der Waals surface area contributed by atoms with Crippen LogP contribution in [0.15, 0.2) is 18.2 Å². The van der Waals surface area contributed by atoms with Crippen LogP contribution in [0.1, 0.15) is 24.0 Å². The highest BCUT2D eigenvalue weighted by molar-refractivity contribution is 5.66. The molecular formula is C13H15FN2O2. The molecule has 0 atom stereocenters. The molecule has 0 amide bonds. The van der Waals surface area contributed by atoms with E-state index in [0.29, 0.717) is 30.6 Å². The predicted molar refractivity (Wildman–Crippen MR) is 64.3 cm³/mol. The molecule has 0 aliphatic heterocycles. The summed E-state index contributed by atoms with van der Waals surface area (Å²) in [7, 11) is 1.83. The van der Waals surface area contributed by atoms with E-state index in [1.807, 2.05) is 18.0 Å². The zero-order chi connectivity index (χ0) is 13.5. The molecule has 1 aromatic rings. The molecule has 0 saturated carbocycles. The van der Waals surface area contributed by atoms with Gasteiger partial charge in [-0.25, -0.2) is 4.39 Å². The SMILES string of the molecule is CN(CCCC(=O)O)Cc1cc(F)cc(C#N)c1. The first-order valence-electron chi connectivity index (χ1n) is 5.61. The third-order valence-electron chi connectivity index (χ3n) is 2.47. The van der Waals surface area contributed by atoms with Crippen LogP contribution in [0.2, 0.25) is 0 Å². The van der Waals surface area contributed by atoms with Gasteiger partial charge in [0.2, 0.25) is 0 Å². The van der Waals surface area contributed by atoms with Crippen LogP contribution in [0.4, 0.5) is 4.39 Å². The topological polar surface area (TPSA) is 64.3 Å². The number of nitriles is 1. The zero-order valence-corrected chi connectivity index (χ0v) is 10.2. The maximum Gasteiger partial charge on any atom is 0.303 e. The number of rotatable bonds is 6. The number of carboxylic acid groups (broad SMARTS) is 1. The lowest BCUT2D eigenvalue weighted by Crippen LogP contribution is -2.20. The Hall–Kier alpha value is -1.93. The van der Waals surface area contributed by atoms with Crippen molar-refractivity contribution in [3.8, 4) is 6.07 Å². The molecule has 5 heteroatoms. The third kappa shape index (κ3) is 4.93. The number of halogens is 1. The van der Waals surface area contributed by atoms with Crippen molar-refractivity contribution in [2.75, 3.05) is 13.6 Å². The van der Waals surface area contributed by atoms with Gasteiger partial charge >= 0.3 is 5.97 Å². The molecule has 0 saturated heterocycles. The number of aliphatic carboxylic acids is 1. The molecule has 0 bridgehead atoms. The molecule has 1 N–H and O–H groups in total. The lowest BCUT2D eigenvalue weighted by Gasteiger charge is -2.16. The van der Waals surface area contributed by atoms with Gasteiger partial charge in [-0.05, 0) is 43.8 Å². The average molecular weight is 250 g/mol. The Balaban J connectivity index is 2.54. The van der Waals surface area contributed by atoms with E-state index in [4.69, 9.17) is 10.4 Å². The van der Waals surface area contributed by atoms with Crippen molar-refractivity contribution in [3.63, 3.8) is 0 Å². The summed E-state index contributed by atoms with van der Waals surface area (Å²) < 4.78 is 13.2. The Kier molecular flexibility index (Phi) is 5.28. The van der Waals surface area contributed by atoms with E-state index in [-0.39, 0.29) is 6.42 Å². The second kappa shape index (κ2) is 6.72. The number of carbonyl (C=O) groups is 1. The van der Waals surface area contributed by atoms with Crippen molar-refractivity contribution in [1.29, 1.82) is 5.26 Å². The van der Waals surface area contributed by atoms with Gasteiger partial charge in [-0.1, -0.05) is 0 Å². The molecule has 0 aliphatic carbocycles. The number of nitrogens with zero attached hydrogens (tertiary/aromatic N) is 2. The normalized spacial score (nSPS) is 10.3. The summed E-state index contributed by atoms with van der Waals surface area (Å²) in [6.07, 6.45) is 0.670. The van der Waals surface area contributed by atoms with Gasteiger partial charge in [-0.15, -0.1) is 0 Å². The van der Waals surface area contributed by atoms with Crippen LogP contribution in [0, 0.1) is 17.1 Å². The molecule has 0 radical (unpaired) electrons. The first-order chi connectivity index (χ1) is 8.51. The number of carboxylic acids is 1. The first kappa shape index (κ1) is 14.1. The summed E-state index contributed by atoms with van der Waals surface area (Å²) in [4.78, 5) is 12.3. The molecule has 0 heterocycles. The molecule has 18 heavy (non-hydrogen) atoms. The summed E-state index contributed by atoms with van der Waals surface area (Å²) in [5.74, 6) is -1.25. The average Bonchev–Trinajstić information content (AvgIpc) is 2.27. The molecule has 0 unspecified atom stereocenters. The summed E-state index contributed by atoms with van der Waals surface area (Å²) in [5.41, 5.74) is 1.01. The van der Waals surface area contributed by atoms with Crippen LogP contribution in [-0.4, -0.2) is 29.6 Å². The van der Waals surface area contributed by atoms with Gasteiger partial charge in [0.15, 0.2) is 0 Å². The van der Waals surface area contributed by atoms with Gasteiger partial charge in [0, 0.05) is 13.0 Å². The summed E-state index contributed by atoms with van der Waals surface area (Å²) >= 11 is 0. The lowest BCUT2D eigenvalue weighted by molar-refractivity contribution is -0.137. The molecule has 1 rings (SSSR count). The fourth-order valence-electron chi connectivity index (χ4n) is 1.70. The van der Waals surface area contributed by atoms with E-state index in [1.54, 1.807) is 6.07 Å². The lowest BCUT2D eigenvalue weighted by atomic mass is 10.1. The molecule has 4 nitrogen and oxygen atoms in total. The molecule has 96 valence electrons. The second-order valence-corrected chi connectivity index (χ2v) is 4.20. The van der Waals surface area contributed by atoms with Gasteiger partial charge in [-0.2, -0.15) is 5.26 Å². The van der Waals surface area contributed by atoms with Crippen LogP contribution in [0.5, 0.6) is 0 Å². The smallest absolute Gasteiger partial charge is 0.303 e. The highest BCUT2D eigenvalue weighted by Crippen LogP contribution is 2.10. The molecule has 0 spiro atoms. The second-order valence-electron chi connectivity index (χ2n) is 4.20. The molecule has 0 fully saturated rings. The van der Waals surface area contributed by atoms with E-state index in [9.17, 15) is 9.18 Å². The van der Waals surface area contributed by atoms with Crippen molar-refractivity contribution in [1.82, 2.24) is 4.90 Å². The zero-order valence-electron chi connectivity index (χ0n) is 10.2. The van der Waals surface area contributed by atoms with Gasteiger partial charge in [0.25, 0.3) is 0 Å². The Morgan fingerprint density at radius 1 is 1.50 bits per heavy atom. The minimum Gasteiger partial charge on any atom is -0.481 e. The Bertz CT molecular complexity index is 469. The van der Waals surface area contributed by atoms with Crippen LogP contribution in [-0.2, 0) is 11.3 Å². The van der Waals surface area contributed by atoms with Crippen LogP contribution in [0.3, 0.4) is 0 Å². The molecule has 0 aliphatic rings. The maximum atomic E-state index is 13.2. The fourth-order valence-corrected chi connectivity index (χ4v) is 1.70. The summed E-state index contributed by atoms with van der Waals surface area (Å²) in [6, 6.07) is 6.11. The number of hydrogen-bond donors (Lipinski definition) is 1. The minimum atomic E-state index is -0.819. The maximum absolute atomic E-state index is 13.2. The van der Waals surface area contributed by atoms with Crippen molar-refractivity contribution >= 4 is 5.97 Å². The largest absolute Gasteiger partial charge is 0.481 e. The van der Waals surface area contributed by atoms with Crippen LogP contribution < -0.4 is 0 Å². The quantitative estimate of drug-likeness (QED) is 0.838. The molecule has 1 aromatic carbocycles. The highest BCUT2D eigenvalue weighted by Gasteiger charge is 2.05. The van der Waals surface area contributed by atoms with E-state index >= 15 is 0 Å². The standard InChI is InChI=1S/C13H15FN2O2/c1-16(4-2-3-13(17)18)9-11-5-10(8-15)6-12(14)7-11/h5-7H,2-4,9H2,1H3,(H,17,18). The van der Waals surface area contributed by atoms with E-state index < -0.39 is 11.8 Å². The molecular weight excluding hydrogens is 235 g/mol. The van der Waals surface area contributed by atoms with Crippen molar-refractivity contribution < 1.29 is 14.3 Å². The fraction of sp³-hybridized carbons (Fsp3) is 0.385. The van der Waals surface area contributed by atoms with Gasteiger partial charge in [0.1, 0.15) is 5.82 Å². The Morgan fingerprint density at radius 3 is 2.83 bits per heavy atom. The third-order valence-corrected chi connectivity index (χ3v) is 2.47. The van der Waals surface area contributed by atoms with Crippen molar-refractivity contribution in [2.45, 2.75) is 19.4 Å². The van der Waals surface area contributed by atoms with Gasteiger partial charge in [-0.3, -0.25) is 4.79 Å². The van der Waals surface area contributed by atoms with Crippen molar-refractivity contribution in [2.24, 2.45) is 0 Å². The monoisotopic (exact) mass is 250 g/mol. The van der Waals surface area contributed by atoms with Gasteiger partial charge < -0.3 is 10.0 Å². The summed E-state index contributed by atoms with van der Waals surface area (Å²) in [6.45, 7) is 1.11. The minimum absolute atomic E-state index is 0.122.